The molecule has 174 valence electrons. The Morgan fingerprint density at radius 2 is 1.94 bits per heavy atom. The number of hydrogen-bond donors (Lipinski definition) is 0. The molecule has 0 amide bonds. The van der Waals surface area contributed by atoms with Crippen molar-refractivity contribution in [1.29, 1.82) is 0 Å². The molecule has 1 fully saturated rings. The third kappa shape index (κ3) is 5.52. The molecule has 1 saturated heterocycles. The van der Waals surface area contributed by atoms with Crippen molar-refractivity contribution in [3.63, 3.8) is 0 Å². The second kappa shape index (κ2) is 10.8. The van der Waals surface area contributed by atoms with Crippen LogP contribution in [0.15, 0.2) is 34.8 Å². The molecule has 2 aromatic carbocycles. The first-order chi connectivity index (χ1) is 15.3. The molecule has 0 unspecified atom stereocenters. The van der Waals surface area contributed by atoms with Gasteiger partial charge >= 0.3 is 5.97 Å². The summed E-state index contributed by atoms with van der Waals surface area (Å²) in [5, 5.41) is 0. The largest absolute Gasteiger partial charge is 0.491 e. The van der Waals surface area contributed by atoms with Crippen LogP contribution in [0.3, 0.4) is 0 Å². The molecule has 0 atom stereocenters. The molecule has 0 aromatic heterocycles. The molecule has 2 aromatic rings. The number of piperidine rings is 1. The number of likely N-dealkylation sites (tertiary alicyclic amines) is 1. The van der Waals surface area contributed by atoms with E-state index >= 15 is 4.39 Å². The van der Waals surface area contributed by atoms with E-state index in [1.54, 1.807) is 31.2 Å². The van der Waals surface area contributed by atoms with Gasteiger partial charge in [-0.15, -0.1) is 0 Å². The number of carbonyl (C=O) groups excluding carboxylic acids is 1. The molecule has 6 heteroatoms. The topological polar surface area (TPSA) is 38.8 Å². The van der Waals surface area contributed by atoms with Gasteiger partial charge in [-0.3, -0.25) is 4.90 Å². The lowest BCUT2D eigenvalue weighted by Crippen LogP contribution is -2.46. The van der Waals surface area contributed by atoms with Gasteiger partial charge in [-0.2, -0.15) is 0 Å². The van der Waals surface area contributed by atoms with Crippen molar-refractivity contribution in [2.75, 3.05) is 13.2 Å². The van der Waals surface area contributed by atoms with E-state index in [-0.39, 0.29) is 22.5 Å². The highest BCUT2D eigenvalue weighted by molar-refractivity contribution is 9.10. The highest BCUT2D eigenvalue weighted by atomic mass is 79.9. The Kier molecular flexibility index (Phi) is 8.34. The minimum Gasteiger partial charge on any atom is -0.491 e. The molecule has 32 heavy (non-hydrogen) atoms. The molecular formula is C26H33BrFNO3. The summed E-state index contributed by atoms with van der Waals surface area (Å²) in [5.74, 6) is -0.235. The maximum atomic E-state index is 15.7. The van der Waals surface area contributed by atoms with Crippen LogP contribution in [-0.4, -0.2) is 29.6 Å². The zero-order valence-electron chi connectivity index (χ0n) is 19.5. The van der Waals surface area contributed by atoms with Crippen LogP contribution in [0.5, 0.6) is 11.5 Å². The van der Waals surface area contributed by atoms with Crippen LogP contribution in [0.4, 0.5) is 4.39 Å². The normalized spacial score (nSPS) is 16.1. The second-order valence-corrected chi connectivity index (χ2v) is 9.82. The first kappa shape index (κ1) is 24.7. The first-order valence-electron chi connectivity index (χ1n) is 11.4. The van der Waals surface area contributed by atoms with Gasteiger partial charge in [0, 0.05) is 23.2 Å². The van der Waals surface area contributed by atoms with Gasteiger partial charge in [0.2, 0.25) is 0 Å². The zero-order valence-corrected chi connectivity index (χ0v) is 21.1. The summed E-state index contributed by atoms with van der Waals surface area (Å²) >= 11 is 3.59. The third-order valence-corrected chi connectivity index (χ3v) is 7.07. The summed E-state index contributed by atoms with van der Waals surface area (Å²) in [4.78, 5) is 15.4. The lowest BCUT2D eigenvalue weighted by atomic mass is 9.89. The molecule has 0 radical (unpaired) electrons. The number of unbranched alkanes of at least 4 members (excludes halogenated alkanes) is 1. The van der Waals surface area contributed by atoms with Crippen LogP contribution in [0.1, 0.15) is 74.4 Å². The summed E-state index contributed by atoms with van der Waals surface area (Å²) in [5.41, 5.74) is 0.910. The number of hydrogen-bond acceptors (Lipinski definition) is 4. The zero-order chi connectivity index (χ0) is 23.3. The molecule has 1 heterocycles. The Hall–Kier alpha value is -1.92. The average molecular weight is 506 g/mol. The van der Waals surface area contributed by atoms with Crippen LogP contribution in [0.25, 0.3) is 0 Å². The fourth-order valence-corrected chi connectivity index (χ4v) is 4.75. The Labute approximate surface area is 199 Å². The molecule has 0 aliphatic carbocycles. The maximum Gasteiger partial charge on any atom is 0.347 e. The molecule has 4 nitrogen and oxygen atoms in total. The van der Waals surface area contributed by atoms with Gasteiger partial charge in [0.05, 0.1) is 11.1 Å². The number of benzene rings is 2. The van der Waals surface area contributed by atoms with Crippen LogP contribution in [0.2, 0.25) is 0 Å². The first-order valence-corrected chi connectivity index (χ1v) is 12.2. The molecule has 0 bridgehead atoms. The molecule has 3 rings (SSSR count). The highest BCUT2D eigenvalue weighted by Gasteiger charge is 2.33. The van der Waals surface area contributed by atoms with Crippen molar-refractivity contribution in [1.82, 2.24) is 4.90 Å². The predicted molar refractivity (Wildman–Crippen MR) is 129 cm³/mol. The average Bonchev–Trinajstić information content (AvgIpc) is 2.76. The summed E-state index contributed by atoms with van der Waals surface area (Å²) in [6, 6.07) is 8.81. The molecule has 1 aliphatic heterocycles. The monoisotopic (exact) mass is 505 g/mol. The number of halogens is 2. The number of carbonyl (C=O) groups is 1. The van der Waals surface area contributed by atoms with E-state index in [1.165, 1.54) is 6.42 Å². The van der Waals surface area contributed by atoms with E-state index in [4.69, 9.17) is 9.47 Å². The molecule has 1 aliphatic rings. The fraction of sp³-hybridized carbons (Fsp3) is 0.500. The van der Waals surface area contributed by atoms with E-state index in [2.05, 4.69) is 41.6 Å². The summed E-state index contributed by atoms with van der Waals surface area (Å²) in [6.45, 7) is 9.93. The minimum absolute atomic E-state index is 0.00776. The Morgan fingerprint density at radius 3 is 2.59 bits per heavy atom. The van der Waals surface area contributed by atoms with Gasteiger partial charge in [-0.1, -0.05) is 38.0 Å². The maximum absolute atomic E-state index is 15.7. The quantitative estimate of drug-likeness (QED) is 0.218. The SMILES string of the molecule is CCCCOc1c(Br)c(CN2CCCCC2(C)C)c(F)c(C)c1C(=O)Oc1ccccc1. The van der Waals surface area contributed by atoms with Gasteiger partial charge in [-0.25, -0.2) is 9.18 Å². The van der Waals surface area contributed by atoms with Crippen LogP contribution >= 0.6 is 15.9 Å². The van der Waals surface area contributed by atoms with E-state index in [0.717, 1.165) is 32.2 Å². The molecule has 0 spiro atoms. The van der Waals surface area contributed by atoms with Gasteiger partial charge in [-0.05, 0) is 74.6 Å². The van der Waals surface area contributed by atoms with E-state index < -0.39 is 5.97 Å². The number of esters is 1. The molecular weight excluding hydrogens is 473 g/mol. The number of ether oxygens (including phenoxy) is 2. The molecule has 0 N–H and O–H groups in total. The fourth-order valence-electron chi connectivity index (χ4n) is 4.14. The van der Waals surface area contributed by atoms with Crippen LogP contribution in [-0.2, 0) is 6.54 Å². The van der Waals surface area contributed by atoms with Crippen molar-refractivity contribution in [2.45, 2.75) is 71.9 Å². The van der Waals surface area contributed by atoms with Gasteiger partial charge < -0.3 is 9.47 Å². The minimum atomic E-state index is -0.621. The van der Waals surface area contributed by atoms with Crippen molar-refractivity contribution >= 4 is 21.9 Å². The number of nitrogens with zero attached hydrogens (tertiary/aromatic N) is 1. The summed E-state index contributed by atoms with van der Waals surface area (Å²) in [7, 11) is 0. The van der Waals surface area contributed by atoms with Crippen LogP contribution in [0, 0.1) is 12.7 Å². The van der Waals surface area contributed by atoms with Crippen molar-refractivity contribution < 1.29 is 18.7 Å². The second-order valence-electron chi connectivity index (χ2n) is 9.03. The predicted octanol–water partition coefficient (Wildman–Crippen LogP) is 7.06. The van der Waals surface area contributed by atoms with E-state index in [0.29, 0.717) is 34.7 Å². The Bertz CT molecular complexity index is 946. The Morgan fingerprint density at radius 1 is 1.22 bits per heavy atom. The van der Waals surface area contributed by atoms with E-state index in [9.17, 15) is 4.79 Å². The standard InChI is InChI=1S/C26H33BrFNO3/c1-5-6-16-31-24-21(25(30)32-19-12-8-7-9-13-19)18(2)23(28)20(22(24)27)17-29-15-11-10-14-26(29,3)4/h7-9,12-13H,5-6,10-11,14-17H2,1-4H3. The Balaban J connectivity index is 2.02. The molecule has 0 saturated carbocycles. The highest BCUT2D eigenvalue weighted by Crippen LogP contribution is 2.40. The van der Waals surface area contributed by atoms with Crippen molar-refractivity contribution in [3.8, 4) is 11.5 Å². The van der Waals surface area contributed by atoms with Gasteiger partial charge in [0.15, 0.2) is 0 Å². The smallest absolute Gasteiger partial charge is 0.347 e. The van der Waals surface area contributed by atoms with Crippen LogP contribution < -0.4 is 9.47 Å². The lowest BCUT2D eigenvalue weighted by molar-refractivity contribution is 0.0673. The summed E-state index contributed by atoms with van der Waals surface area (Å²) < 4.78 is 27.8. The van der Waals surface area contributed by atoms with Gasteiger partial charge in [0.1, 0.15) is 22.9 Å². The third-order valence-electron chi connectivity index (χ3n) is 6.23. The number of para-hydroxylation sites is 1. The van der Waals surface area contributed by atoms with Crippen molar-refractivity contribution in [3.05, 3.63) is 57.3 Å². The summed E-state index contributed by atoms with van der Waals surface area (Å²) in [6.07, 6.45) is 5.15. The van der Waals surface area contributed by atoms with Gasteiger partial charge in [0.25, 0.3) is 0 Å². The lowest BCUT2D eigenvalue weighted by Gasteiger charge is -2.43. The van der Waals surface area contributed by atoms with E-state index in [1.807, 2.05) is 6.07 Å². The number of rotatable bonds is 8. The van der Waals surface area contributed by atoms with Crippen molar-refractivity contribution in [2.24, 2.45) is 0 Å².